The third kappa shape index (κ3) is 2.08. The number of thioether (sulfide) groups is 2. The molecule has 0 spiro atoms. The van der Waals surface area contributed by atoms with Gasteiger partial charge in [-0.3, -0.25) is 0 Å². The molecule has 0 bridgehead atoms. The van der Waals surface area contributed by atoms with Gasteiger partial charge in [0.05, 0.1) is 4.08 Å². The first-order valence-corrected chi connectivity index (χ1v) is 5.52. The molecule has 0 aromatic rings. The van der Waals surface area contributed by atoms with E-state index >= 15 is 0 Å². The summed E-state index contributed by atoms with van der Waals surface area (Å²) < 4.78 is 0.554. The van der Waals surface area contributed by atoms with Crippen molar-refractivity contribution < 1.29 is 0 Å². The van der Waals surface area contributed by atoms with Crippen molar-refractivity contribution in [3.63, 3.8) is 0 Å². The first-order valence-electron chi connectivity index (χ1n) is 3.55. The molecule has 0 nitrogen and oxygen atoms in total. The first kappa shape index (κ1) is 7.80. The van der Waals surface area contributed by atoms with Crippen molar-refractivity contribution in [2.45, 2.75) is 30.8 Å². The average molecular weight is 162 g/mol. The molecule has 0 saturated carbocycles. The zero-order valence-electron chi connectivity index (χ0n) is 6.14. The molecule has 1 saturated heterocycles. The zero-order valence-corrected chi connectivity index (χ0v) is 7.78. The normalized spacial score (nSPS) is 26.0. The number of rotatable bonds is 1. The van der Waals surface area contributed by atoms with Gasteiger partial charge in [-0.15, -0.1) is 23.5 Å². The predicted molar refractivity (Wildman–Crippen MR) is 48.2 cm³/mol. The van der Waals surface area contributed by atoms with E-state index in [2.05, 4.69) is 37.4 Å². The largest absolute Gasteiger partial charge is 0.144 e. The van der Waals surface area contributed by atoms with Crippen molar-refractivity contribution in [3.05, 3.63) is 0 Å². The lowest BCUT2D eigenvalue weighted by molar-refractivity contribution is 0.832. The van der Waals surface area contributed by atoms with E-state index in [9.17, 15) is 0 Å². The van der Waals surface area contributed by atoms with Crippen molar-refractivity contribution >= 4 is 23.5 Å². The summed E-state index contributed by atoms with van der Waals surface area (Å²) in [7, 11) is 0. The van der Waals surface area contributed by atoms with Crippen LogP contribution in [0.4, 0.5) is 0 Å². The molecule has 1 aliphatic heterocycles. The minimum absolute atomic E-state index is 0.554. The van der Waals surface area contributed by atoms with Crippen LogP contribution in [0.2, 0.25) is 0 Å². The monoisotopic (exact) mass is 162 g/mol. The Balaban J connectivity index is 2.37. The lowest BCUT2D eigenvalue weighted by atomic mass is 10.4. The van der Waals surface area contributed by atoms with Gasteiger partial charge in [-0.05, 0) is 31.3 Å². The molecule has 0 aliphatic carbocycles. The van der Waals surface area contributed by atoms with Gasteiger partial charge in [0, 0.05) is 0 Å². The highest BCUT2D eigenvalue weighted by Crippen LogP contribution is 2.43. The van der Waals surface area contributed by atoms with Crippen LogP contribution in [0.1, 0.15) is 26.7 Å². The Morgan fingerprint density at radius 2 is 1.89 bits per heavy atom. The van der Waals surface area contributed by atoms with Crippen LogP contribution in [0.3, 0.4) is 0 Å². The van der Waals surface area contributed by atoms with Gasteiger partial charge in [0.15, 0.2) is 0 Å². The van der Waals surface area contributed by atoms with Gasteiger partial charge in [0.1, 0.15) is 0 Å². The Morgan fingerprint density at radius 3 is 2.22 bits per heavy atom. The molecule has 0 unspecified atom stereocenters. The summed E-state index contributed by atoms with van der Waals surface area (Å²) in [6.07, 6.45) is 2.72. The summed E-state index contributed by atoms with van der Waals surface area (Å²) in [5.74, 6) is 2.74. The Morgan fingerprint density at radius 1 is 1.33 bits per heavy atom. The second-order valence-corrected chi connectivity index (χ2v) is 5.99. The highest BCUT2D eigenvalue weighted by molar-refractivity contribution is 8.18. The van der Waals surface area contributed by atoms with Gasteiger partial charge < -0.3 is 0 Å². The molecule has 0 atom stereocenters. The Hall–Kier alpha value is 0.700. The van der Waals surface area contributed by atoms with Crippen molar-refractivity contribution in [1.29, 1.82) is 0 Å². The molecule has 1 fully saturated rings. The topological polar surface area (TPSA) is 0 Å². The average Bonchev–Trinajstić information content (AvgIpc) is 1.90. The zero-order chi connectivity index (χ0) is 6.74. The molecular weight excluding hydrogens is 148 g/mol. The fraction of sp³-hybridized carbons (Fsp3) is 1.00. The standard InChI is InChI=1S/C7H14S2/c1-3-7(2)8-5-4-6-9-7/h3-6H2,1-2H3. The van der Waals surface area contributed by atoms with Gasteiger partial charge in [0.25, 0.3) is 0 Å². The molecule has 54 valence electrons. The lowest BCUT2D eigenvalue weighted by Gasteiger charge is -2.30. The third-order valence-corrected chi connectivity index (χ3v) is 5.24. The molecular formula is C7H14S2. The summed E-state index contributed by atoms with van der Waals surface area (Å²) in [5, 5.41) is 0. The van der Waals surface area contributed by atoms with Gasteiger partial charge in [0.2, 0.25) is 0 Å². The van der Waals surface area contributed by atoms with E-state index in [1.54, 1.807) is 0 Å². The van der Waals surface area contributed by atoms with E-state index in [1.807, 2.05) is 0 Å². The molecule has 0 radical (unpaired) electrons. The van der Waals surface area contributed by atoms with Gasteiger partial charge in [-0.1, -0.05) is 6.92 Å². The number of hydrogen-bond donors (Lipinski definition) is 0. The van der Waals surface area contributed by atoms with Crippen LogP contribution in [-0.4, -0.2) is 15.6 Å². The van der Waals surface area contributed by atoms with Gasteiger partial charge in [-0.25, -0.2) is 0 Å². The quantitative estimate of drug-likeness (QED) is 0.581. The number of hydrogen-bond acceptors (Lipinski definition) is 2. The van der Waals surface area contributed by atoms with E-state index < -0.39 is 0 Å². The van der Waals surface area contributed by atoms with E-state index in [-0.39, 0.29) is 0 Å². The van der Waals surface area contributed by atoms with Crippen LogP contribution in [0.5, 0.6) is 0 Å². The maximum absolute atomic E-state index is 2.36. The summed E-state index contributed by atoms with van der Waals surface area (Å²) in [6, 6.07) is 0. The summed E-state index contributed by atoms with van der Waals surface area (Å²) in [6.45, 7) is 4.65. The second kappa shape index (κ2) is 3.20. The fourth-order valence-corrected chi connectivity index (χ4v) is 3.75. The van der Waals surface area contributed by atoms with E-state index in [1.165, 1.54) is 24.3 Å². The molecule has 9 heavy (non-hydrogen) atoms. The Labute approximate surface area is 66.2 Å². The molecule has 1 aliphatic rings. The molecule has 0 aromatic heterocycles. The second-order valence-electron chi connectivity index (χ2n) is 2.54. The third-order valence-electron chi connectivity index (χ3n) is 1.75. The molecule has 2 heteroatoms. The lowest BCUT2D eigenvalue weighted by Crippen LogP contribution is -2.19. The molecule has 1 rings (SSSR count). The van der Waals surface area contributed by atoms with Crippen molar-refractivity contribution in [3.8, 4) is 0 Å². The Kier molecular flexibility index (Phi) is 2.77. The highest BCUT2D eigenvalue weighted by atomic mass is 32.2. The molecule has 0 amide bonds. The van der Waals surface area contributed by atoms with E-state index in [0.717, 1.165) is 0 Å². The van der Waals surface area contributed by atoms with Crippen molar-refractivity contribution in [1.82, 2.24) is 0 Å². The van der Waals surface area contributed by atoms with E-state index in [0.29, 0.717) is 4.08 Å². The SMILES string of the molecule is CCC1(C)SCCCS1. The summed E-state index contributed by atoms with van der Waals surface area (Å²) >= 11 is 4.26. The van der Waals surface area contributed by atoms with Gasteiger partial charge >= 0.3 is 0 Å². The van der Waals surface area contributed by atoms with Crippen LogP contribution in [-0.2, 0) is 0 Å². The highest BCUT2D eigenvalue weighted by Gasteiger charge is 2.25. The predicted octanol–water partition coefficient (Wildman–Crippen LogP) is 2.98. The van der Waals surface area contributed by atoms with Crippen LogP contribution in [0.15, 0.2) is 0 Å². The smallest absolute Gasteiger partial charge is 0.0580 e. The molecule has 0 aromatic carbocycles. The van der Waals surface area contributed by atoms with Crippen LogP contribution < -0.4 is 0 Å². The Bertz CT molecular complexity index is 84.9. The first-order chi connectivity index (χ1) is 4.27. The molecule has 0 N–H and O–H groups in total. The minimum Gasteiger partial charge on any atom is -0.144 e. The maximum Gasteiger partial charge on any atom is 0.0580 e. The molecule has 1 heterocycles. The van der Waals surface area contributed by atoms with Crippen LogP contribution in [0, 0.1) is 0 Å². The summed E-state index contributed by atoms with van der Waals surface area (Å²) in [5.41, 5.74) is 0. The summed E-state index contributed by atoms with van der Waals surface area (Å²) in [4.78, 5) is 0. The van der Waals surface area contributed by atoms with Crippen molar-refractivity contribution in [2.24, 2.45) is 0 Å². The van der Waals surface area contributed by atoms with Crippen LogP contribution >= 0.6 is 23.5 Å². The van der Waals surface area contributed by atoms with E-state index in [4.69, 9.17) is 0 Å². The van der Waals surface area contributed by atoms with Gasteiger partial charge in [-0.2, -0.15) is 0 Å². The van der Waals surface area contributed by atoms with Crippen LogP contribution in [0.25, 0.3) is 0 Å². The van der Waals surface area contributed by atoms with Crippen molar-refractivity contribution in [2.75, 3.05) is 11.5 Å². The fourth-order valence-electron chi connectivity index (χ4n) is 0.881. The minimum atomic E-state index is 0.554. The maximum atomic E-state index is 2.36.